The van der Waals surface area contributed by atoms with Crippen molar-refractivity contribution in [1.29, 1.82) is 0 Å². The molecule has 354 valence electrons. The second kappa shape index (κ2) is 43.7. The lowest BCUT2D eigenvalue weighted by molar-refractivity contribution is -0.887. The number of carbonyl (C=O) groups excluding carboxylic acids is 2. The molecular formula is C52H100NO7+. The molecule has 8 nitrogen and oxygen atoms in total. The highest BCUT2D eigenvalue weighted by molar-refractivity contribution is 5.72. The third-order valence-electron chi connectivity index (χ3n) is 11.9. The molecule has 1 N–H and O–H groups in total. The summed E-state index contributed by atoms with van der Waals surface area (Å²) in [5.74, 6) is -1.45. The van der Waals surface area contributed by atoms with Crippen molar-refractivity contribution in [2.75, 3.05) is 41.0 Å². The molecule has 0 heterocycles. The molecule has 0 saturated heterocycles. The van der Waals surface area contributed by atoms with E-state index in [4.69, 9.17) is 14.2 Å². The molecule has 0 aliphatic heterocycles. The number of nitrogens with zero attached hydrogens (tertiary/aromatic N) is 1. The zero-order valence-electron chi connectivity index (χ0n) is 40.4. The number of hydrogen-bond acceptors (Lipinski definition) is 6. The Kier molecular flexibility index (Phi) is 42.3. The molecule has 0 aliphatic carbocycles. The van der Waals surface area contributed by atoms with E-state index in [1.807, 2.05) is 21.1 Å². The van der Waals surface area contributed by atoms with Crippen LogP contribution in [0.1, 0.15) is 251 Å². The maximum absolute atomic E-state index is 12.8. The molecule has 0 spiro atoms. The lowest BCUT2D eigenvalue weighted by atomic mass is 10.0. The largest absolute Gasteiger partial charge is 0.477 e. The third kappa shape index (κ3) is 41.4. The van der Waals surface area contributed by atoms with Crippen LogP contribution in [0.3, 0.4) is 0 Å². The number of carbonyl (C=O) groups is 3. The van der Waals surface area contributed by atoms with E-state index < -0.39 is 18.1 Å². The van der Waals surface area contributed by atoms with Crippen LogP contribution in [-0.4, -0.2) is 80.6 Å². The van der Waals surface area contributed by atoms with E-state index in [1.165, 1.54) is 180 Å². The van der Waals surface area contributed by atoms with Crippen LogP contribution in [0.2, 0.25) is 0 Å². The smallest absolute Gasteiger partial charge is 0.362 e. The van der Waals surface area contributed by atoms with Crippen molar-refractivity contribution in [1.82, 2.24) is 0 Å². The molecule has 2 atom stereocenters. The second-order valence-electron chi connectivity index (χ2n) is 18.8. The van der Waals surface area contributed by atoms with Crippen LogP contribution in [-0.2, 0) is 28.6 Å². The number of rotatable bonds is 47. The van der Waals surface area contributed by atoms with Crippen molar-refractivity contribution in [3.63, 3.8) is 0 Å². The van der Waals surface area contributed by atoms with E-state index in [-0.39, 0.29) is 36.2 Å². The number of likely N-dealkylation sites (N-methyl/N-ethyl adjacent to an activating group) is 1. The zero-order chi connectivity index (χ0) is 44.2. The minimum Gasteiger partial charge on any atom is -0.477 e. The fourth-order valence-corrected chi connectivity index (χ4v) is 7.91. The molecule has 0 bridgehead atoms. The van der Waals surface area contributed by atoms with Gasteiger partial charge in [-0.05, 0) is 38.5 Å². The fourth-order valence-electron chi connectivity index (χ4n) is 7.91. The Morgan fingerprint density at radius 1 is 0.483 bits per heavy atom. The van der Waals surface area contributed by atoms with Gasteiger partial charge in [0.15, 0.2) is 12.1 Å². The molecule has 8 heteroatoms. The number of carboxylic acids is 1. The van der Waals surface area contributed by atoms with Crippen LogP contribution >= 0.6 is 0 Å². The van der Waals surface area contributed by atoms with E-state index in [0.29, 0.717) is 19.3 Å². The number of carboxylic acid groups (broad SMARTS) is 1. The number of unbranched alkanes of at least 4 members (excludes halogenated alkanes) is 31. The Morgan fingerprint density at radius 2 is 0.833 bits per heavy atom. The molecule has 0 aromatic heterocycles. The van der Waals surface area contributed by atoms with Crippen molar-refractivity contribution in [2.24, 2.45) is 0 Å². The first-order valence-electron chi connectivity index (χ1n) is 25.7. The molecule has 0 rings (SSSR count). The summed E-state index contributed by atoms with van der Waals surface area (Å²) in [5, 5.41) is 9.64. The van der Waals surface area contributed by atoms with Gasteiger partial charge >= 0.3 is 17.9 Å². The molecule has 0 aromatic carbocycles. The van der Waals surface area contributed by atoms with Crippen molar-refractivity contribution >= 4 is 17.9 Å². The van der Waals surface area contributed by atoms with Gasteiger partial charge in [0.1, 0.15) is 6.61 Å². The number of esters is 2. The average molecular weight is 851 g/mol. The molecule has 0 aromatic rings. The standard InChI is InChI=1S/C52H99NO7/c1-6-8-10-12-14-16-18-20-22-23-24-25-26-27-28-29-31-33-35-37-39-41-43-51(55)60-48(46-58-45-44-49(52(56)57)53(3,4)5)47-59-50(54)42-40-38-36-34-32-30-21-19-17-15-13-11-9-7-2/h26-27,48-49H,6-25,28-47H2,1-5H3/p+1/b27-26+. The number of ether oxygens (including phenoxy) is 3. The van der Waals surface area contributed by atoms with Crippen molar-refractivity contribution in [3.8, 4) is 0 Å². The molecule has 60 heavy (non-hydrogen) atoms. The SMILES string of the molecule is CCCCCCCCCCCCC/C=C/CCCCCCCCCC(=O)OC(COCCC(C(=O)O)[N+](C)(C)C)COC(=O)CCCCCCCCCCCCCCCC. The van der Waals surface area contributed by atoms with Crippen molar-refractivity contribution in [2.45, 2.75) is 264 Å². The number of aliphatic carboxylic acids is 1. The molecule has 0 radical (unpaired) electrons. The molecule has 2 unspecified atom stereocenters. The minimum absolute atomic E-state index is 0.0462. The first kappa shape index (κ1) is 58.1. The van der Waals surface area contributed by atoms with Gasteiger partial charge in [-0.2, -0.15) is 0 Å². The van der Waals surface area contributed by atoms with Crippen LogP contribution in [0.15, 0.2) is 12.2 Å². The third-order valence-corrected chi connectivity index (χ3v) is 11.9. The molecular weight excluding hydrogens is 751 g/mol. The van der Waals surface area contributed by atoms with Gasteiger partial charge in [-0.1, -0.05) is 206 Å². The van der Waals surface area contributed by atoms with Gasteiger partial charge < -0.3 is 23.8 Å². The van der Waals surface area contributed by atoms with Gasteiger partial charge in [-0.3, -0.25) is 9.59 Å². The van der Waals surface area contributed by atoms with Crippen LogP contribution in [0.4, 0.5) is 0 Å². The Labute approximate surface area is 371 Å². The summed E-state index contributed by atoms with van der Waals surface area (Å²) in [5.41, 5.74) is 0. The lowest BCUT2D eigenvalue weighted by Gasteiger charge is -2.31. The van der Waals surface area contributed by atoms with Gasteiger partial charge in [-0.15, -0.1) is 0 Å². The Bertz CT molecular complexity index is 993. The molecule has 0 aliphatic rings. The lowest BCUT2D eigenvalue weighted by Crippen LogP contribution is -2.50. The predicted molar refractivity (Wildman–Crippen MR) is 252 cm³/mol. The second-order valence-corrected chi connectivity index (χ2v) is 18.8. The van der Waals surface area contributed by atoms with Gasteiger partial charge in [0.25, 0.3) is 0 Å². The van der Waals surface area contributed by atoms with Crippen LogP contribution in [0.5, 0.6) is 0 Å². The summed E-state index contributed by atoms with van der Waals surface area (Å²) in [4.78, 5) is 37.1. The number of quaternary nitrogens is 1. The van der Waals surface area contributed by atoms with Gasteiger partial charge in [0.2, 0.25) is 0 Å². The Morgan fingerprint density at radius 3 is 1.20 bits per heavy atom. The summed E-state index contributed by atoms with van der Waals surface area (Å²) in [6, 6.07) is -0.611. The van der Waals surface area contributed by atoms with Crippen molar-refractivity contribution in [3.05, 3.63) is 12.2 Å². The predicted octanol–water partition coefficient (Wildman–Crippen LogP) is 14.6. The normalized spacial score (nSPS) is 12.9. The van der Waals surface area contributed by atoms with Crippen LogP contribution in [0, 0.1) is 0 Å². The Hall–Kier alpha value is -1.93. The van der Waals surface area contributed by atoms with Crippen LogP contribution < -0.4 is 0 Å². The van der Waals surface area contributed by atoms with Gasteiger partial charge in [0.05, 0.1) is 34.4 Å². The van der Waals surface area contributed by atoms with E-state index in [2.05, 4.69) is 26.0 Å². The summed E-state index contributed by atoms with van der Waals surface area (Å²) in [7, 11) is 5.54. The first-order chi connectivity index (χ1) is 29.1. The van der Waals surface area contributed by atoms with E-state index >= 15 is 0 Å². The highest BCUT2D eigenvalue weighted by atomic mass is 16.6. The van der Waals surface area contributed by atoms with Crippen molar-refractivity contribution < 1.29 is 38.2 Å². The maximum Gasteiger partial charge on any atom is 0.362 e. The summed E-state index contributed by atoms with van der Waals surface area (Å²) < 4.78 is 17.4. The first-order valence-corrected chi connectivity index (χ1v) is 25.7. The van der Waals surface area contributed by atoms with E-state index in [1.54, 1.807) is 0 Å². The Balaban J connectivity index is 4.20. The average Bonchev–Trinajstić information content (AvgIpc) is 3.21. The summed E-state index contributed by atoms with van der Waals surface area (Å²) in [6.07, 6.45) is 48.3. The highest BCUT2D eigenvalue weighted by Gasteiger charge is 2.31. The monoisotopic (exact) mass is 851 g/mol. The summed E-state index contributed by atoms with van der Waals surface area (Å²) in [6.45, 7) is 4.78. The topological polar surface area (TPSA) is 99.1 Å². The number of allylic oxidation sites excluding steroid dienone is 2. The van der Waals surface area contributed by atoms with Crippen LogP contribution in [0.25, 0.3) is 0 Å². The van der Waals surface area contributed by atoms with E-state index in [9.17, 15) is 19.5 Å². The molecule has 0 saturated carbocycles. The minimum atomic E-state index is -0.871. The fraction of sp³-hybridized carbons (Fsp3) is 0.904. The van der Waals surface area contributed by atoms with Gasteiger partial charge in [0, 0.05) is 19.3 Å². The molecule has 0 fully saturated rings. The molecule has 0 amide bonds. The van der Waals surface area contributed by atoms with E-state index in [0.717, 1.165) is 38.5 Å². The summed E-state index contributed by atoms with van der Waals surface area (Å²) >= 11 is 0. The number of hydrogen-bond donors (Lipinski definition) is 1. The quantitative estimate of drug-likeness (QED) is 0.0282. The highest BCUT2D eigenvalue weighted by Crippen LogP contribution is 2.16. The maximum atomic E-state index is 12.8. The van der Waals surface area contributed by atoms with Gasteiger partial charge in [-0.25, -0.2) is 4.79 Å². The zero-order valence-corrected chi connectivity index (χ0v) is 40.4.